The van der Waals surface area contributed by atoms with Crippen LogP contribution in [0.15, 0.2) is 12.1 Å². The molecule has 0 unspecified atom stereocenters. The van der Waals surface area contributed by atoms with Crippen LogP contribution in [-0.4, -0.2) is 38.2 Å². The van der Waals surface area contributed by atoms with Crippen molar-refractivity contribution >= 4 is 11.8 Å². The molecule has 6 heteroatoms. The SMILES string of the molecule is COc1cc(OC)c(C(=O)C(=O)O)c(OC)c1. The zero-order chi connectivity index (χ0) is 13.0. The Kier molecular flexibility index (Phi) is 3.92. The minimum atomic E-state index is -1.58. The first-order valence-electron chi connectivity index (χ1n) is 4.62. The van der Waals surface area contributed by atoms with E-state index < -0.39 is 11.8 Å². The van der Waals surface area contributed by atoms with Crippen molar-refractivity contribution in [1.29, 1.82) is 0 Å². The second-order valence-electron chi connectivity index (χ2n) is 3.04. The highest BCUT2D eigenvalue weighted by Gasteiger charge is 2.25. The maximum atomic E-state index is 11.5. The van der Waals surface area contributed by atoms with Crippen LogP contribution >= 0.6 is 0 Å². The third kappa shape index (κ3) is 2.47. The molecule has 0 aromatic heterocycles. The van der Waals surface area contributed by atoms with Gasteiger partial charge in [0.25, 0.3) is 5.78 Å². The summed E-state index contributed by atoms with van der Waals surface area (Å²) in [4.78, 5) is 22.2. The fourth-order valence-electron chi connectivity index (χ4n) is 1.34. The third-order valence-electron chi connectivity index (χ3n) is 2.14. The molecule has 0 atom stereocenters. The Morgan fingerprint density at radius 2 is 1.47 bits per heavy atom. The largest absolute Gasteiger partial charge is 0.496 e. The molecule has 0 saturated heterocycles. The normalized spacial score (nSPS) is 9.59. The molecule has 0 aliphatic rings. The number of aliphatic carboxylic acids is 1. The number of carbonyl (C=O) groups is 2. The van der Waals surface area contributed by atoms with Crippen LogP contribution in [0.4, 0.5) is 0 Å². The van der Waals surface area contributed by atoms with Gasteiger partial charge in [0.1, 0.15) is 22.8 Å². The first kappa shape index (κ1) is 12.8. The fraction of sp³-hybridized carbons (Fsp3) is 0.273. The van der Waals surface area contributed by atoms with Crippen molar-refractivity contribution in [2.75, 3.05) is 21.3 Å². The quantitative estimate of drug-likeness (QED) is 0.610. The second kappa shape index (κ2) is 5.20. The summed E-state index contributed by atoms with van der Waals surface area (Å²) in [7, 11) is 4.09. The summed E-state index contributed by atoms with van der Waals surface area (Å²) in [5.74, 6) is -2.09. The molecular formula is C11H12O6. The molecule has 6 nitrogen and oxygen atoms in total. The lowest BCUT2D eigenvalue weighted by molar-refractivity contribution is -0.131. The first-order chi connectivity index (χ1) is 8.04. The van der Waals surface area contributed by atoms with E-state index in [-0.39, 0.29) is 17.1 Å². The molecule has 1 aromatic rings. The number of carboxylic acid groups (broad SMARTS) is 1. The number of methoxy groups -OCH3 is 3. The number of carbonyl (C=O) groups excluding carboxylic acids is 1. The van der Waals surface area contributed by atoms with E-state index in [9.17, 15) is 9.59 Å². The highest BCUT2D eigenvalue weighted by molar-refractivity contribution is 6.41. The summed E-state index contributed by atoms with van der Waals surface area (Å²) in [5, 5.41) is 8.71. The molecule has 1 aromatic carbocycles. The van der Waals surface area contributed by atoms with Gasteiger partial charge in [0.2, 0.25) is 0 Å². The Morgan fingerprint density at radius 3 is 1.76 bits per heavy atom. The Balaban J connectivity index is 3.44. The zero-order valence-corrected chi connectivity index (χ0v) is 9.64. The van der Waals surface area contributed by atoms with E-state index in [4.69, 9.17) is 19.3 Å². The number of ether oxygens (including phenoxy) is 3. The lowest BCUT2D eigenvalue weighted by atomic mass is 10.1. The highest BCUT2D eigenvalue weighted by Crippen LogP contribution is 2.34. The van der Waals surface area contributed by atoms with Gasteiger partial charge in [-0.1, -0.05) is 0 Å². The topological polar surface area (TPSA) is 82.1 Å². The Labute approximate surface area is 97.7 Å². The van der Waals surface area contributed by atoms with Crippen molar-refractivity contribution in [3.05, 3.63) is 17.7 Å². The van der Waals surface area contributed by atoms with Crippen molar-refractivity contribution in [3.8, 4) is 17.2 Å². The summed E-state index contributed by atoms with van der Waals surface area (Å²) in [6.45, 7) is 0. The van der Waals surface area contributed by atoms with Gasteiger partial charge in [0.15, 0.2) is 0 Å². The van der Waals surface area contributed by atoms with E-state index in [2.05, 4.69) is 0 Å². The summed E-state index contributed by atoms with van der Waals surface area (Å²) in [6, 6.07) is 2.83. The average molecular weight is 240 g/mol. The van der Waals surface area contributed by atoms with E-state index in [1.54, 1.807) is 0 Å². The van der Waals surface area contributed by atoms with Crippen LogP contribution < -0.4 is 14.2 Å². The molecule has 17 heavy (non-hydrogen) atoms. The summed E-state index contributed by atoms with van der Waals surface area (Å²) >= 11 is 0. The van der Waals surface area contributed by atoms with Gasteiger partial charge in [-0.25, -0.2) is 4.79 Å². The number of benzene rings is 1. The van der Waals surface area contributed by atoms with Gasteiger partial charge in [-0.15, -0.1) is 0 Å². The van der Waals surface area contributed by atoms with Gasteiger partial charge in [0, 0.05) is 12.1 Å². The summed E-state index contributed by atoms with van der Waals surface area (Å²) in [5.41, 5.74) is -0.136. The van der Waals surface area contributed by atoms with Gasteiger partial charge in [-0.05, 0) is 0 Å². The van der Waals surface area contributed by atoms with E-state index in [0.717, 1.165) is 0 Å². The number of hydrogen-bond acceptors (Lipinski definition) is 5. The zero-order valence-electron chi connectivity index (χ0n) is 9.64. The van der Waals surface area contributed by atoms with Gasteiger partial charge in [-0.3, -0.25) is 4.79 Å². The lowest BCUT2D eigenvalue weighted by Crippen LogP contribution is -2.15. The second-order valence-corrected chi connectivity index (χ2v) is 3.04. The molecule has 1 N–H and O–H groups in total. The van der Waals surface area contributed by atoms with Crippen LogP contribution in [0, 0.1) is 0 Å². The van der Waals surface area contributed by atoms with Crippen molar-refractivity contribution in [3.63, 3.8) is 0 Å². The third-order valence-corrected chi connectivity index (χ3v) is 2.14. The van der Waals surface area contributed by atoms with Crippen LogP contribution in [0.3, 0.4) is 0 Å². The molecule has 0 saturated carbocycles. The van der Waals surface area contributed by atoms with Crippen molar-refractivity contribution in [2.24, 2.45) is 0 Å². The molecule has 0 bridgehead atoms. The molecule has 0 spiro atoms. The van der Waals surface area contributed by atoms with Crippen molar-refractivity contribution in [1.82, 2.24) is 0 Å². The molecule has 0 heterocycles. The average Bonchev–Trinajstić information content (AvgIpc) is 2.35. The van der Waals surface area contributed by atoms with E-state index >= 15 is 0 Å². The van der Waals surface area contributed by atoms with Crippen LogP contribution in [0.2, 0.25) is 0 Å². The van der Waals surface area contributed by atoms with Crippen molar-refractivity contribution in [2.45, 2.75) is 0 Å². The summed E-state index contributed by atoms with van der Waals surface area (Å²) in [6.07, 6.45) is 0. The molecule has 0 radical (unpaired) electrons. The number of ketones is 1. The molecule has 0 aliphatic heterocycles. The van der Waals surface area contributed by atoms with Gasteiger partial charge >= 0.3 is 5.97 Å². The van der Waals surface area contributed by atoms with Crippen LogP contribution in [0.5, 0.6) is 17.2 Å². The Hall–Kier alpha value is -2.24. The minimum absolute atomic E-state index is 0.0913. The molecule has 0 amide bonds. The Morgan fingerprint density at radius 1 is 1.00 bits per heavy atom. The van der Waals surface area contributed by atoms with Gasteiger partial charge in [0.05, 0.1) is 21.3 Å². The molecular weight excluding hydrogens is 228 g/mol. The summed E-state index contributed by atoms with van der Waals surface area (Å²) < 4.78 is 14.9. The number of hydrogen-bond donors (Lipinski definition) is 1. The number of rotatable bonds is 5. The number of carboxylic acids is 1. The molecule has 1 rings (SSSR count). The fourth-order valence-corrected chi connectivity index (χ4v) is 1.34. The van der Waals surface area contributed by atoms with E-state index in [1.165, 1.54) is 33.5 Å². The van der Waals surface area contributed by atoms with Crippen molar-refractivity contribution < 1.29 is 28.9 Å². The maximum absolute atomic E-state index is 11.5. The molecule has 0 fully saturated rings. The Bertz CT molecular complexity index is 426. The van der Waals surface area contributed by atoms with Crippen LogP contribution in [0.25, 0.3) is 0 Å². The smallest absolute Gasteiger partial charge is 0.377 e. The lowest BCUT2D eigenvalue weighted by Gasteiger charge is -2.12. The van der Waals surface area contributed by atoms with E-state index in [0.29, 0.717) is 5.75 Å². The van der Waals surface area contributed by atoms with Gasteiger partial charge in [-0.2, -0.15) is 0 Å². The van der Waals surface area contributed by atoms with E-state index in [1.807, 2.05) is 0 Å². The predicted octanol–water partition coefficient (Wildman–Crippen LogP) is 0.980. The molecule has 0 aliphatic carbocycles. The monoisotopic (exact) mass is 240 g/mol. The van der Waals surface area contributed by atoms with Gasteiger partial charge < -0.3 is 19.3 Å². The maximum Gasteiger partial charge on any atom is 0.377 e. The standard InChI is InChI=1S/C11H12O6/c1-15-6-4-7(16-2)9(8(5-6)17-3)10(12)11(13)14/h4-5H,1-3H3,(H,13,14). The molecule has 92 valence electrons. The first-order valence-corrected chi connectivity index (χ1v) is 4.62. The van der Waals surface area contributed by atoms with Crippen LogP contribution in [-0.2, 0) is 4.79 Å². The minimum Gasteiger partial charge on any atom is -0.496 e. The predicted molar refractivity (Wildman–Crippen MR) is 58.1 cm³/mol. The van der Waals surface area contributed by atoms with Crippen LogP contribution in [0.1, 0.15) is 10.4 Å². The highest BCUT2D eigenvalue weighted by atomic mass is 16.5. The number of Topliss-reactive ketones (excluding diaryl/α,β-unsaturated/α-hetero) is 1.